The fourth-order valence-corrected chi connectivity index (χ4v) is 3.63. The zero-order valence-corrected chi connectivity index (χ0v) is 17.6. The lowest BCUT2D eigenvalue weighted by Crippen LogP contribution is -2.29. The average Bonchev–Trinajstić information content (AvgIpc) is 2.74. The number of aromatic nitrogens is 2. The molecular formula is C23H34N4O2. The van der Waals surface area contributed by atoms with E-state index in [0.717, 1.165) is 43.5 Å². The molecule has 0 unspecified atom stereocenters. The molecule has 0 radical (unpaired) electrons. The van der Waals surface area contributed by atoms with Gasteiger partial charge in [-0.15, -0.1) is 0 Å². The molecule has 2 N–H and O–H groups in total. The fourth-order valence-electron chi connectivity index (χ4n) is 3.63. The molecule has 0 amide bonds. The van der Waals surface area contributed by atoms with Crippen molar-refractivity contribution in [2.24, 2.45) is 0 Å². The van der Waals surface area contributed by atoms with Crippen molar-refractivity contribution in [2.45, 2.75) is 58.4 Å². The first kappa shape index (κ1) is 21.4. The Hall–Kier alpha value is -2.34. The van der Waals surface area contributed by atoms with Gasteiger partial charge < -0.3 is 10.1 Å². The number of nitrogens with one attached hydrogen (secondary N) is 2. The second-order valence-electron chi connectivity index (χ2n) is 7.80. The maximum Gasteiger partial charge on any atom is 0.255 e. The molecular weight excluding hydrogens is 364 g/mol. The summed E-state index contributed by atoms with van der Waals surface area (Å²) in [5, 5.41) is 3.17. The zero-order valence-electron chi connectivity index (χ0n) is 17.6. The quantitative estimate of drug-likeness (QED) is 0.560. The first-order valence-electron chi connectivity index (χ1n) is 11.0. The molecule has 0 spiro atoms. The Kier molecular flexibility index (Phi) is 8.56. The minimum atomic E-state index is -0.0438. The van der Waals surface area contributed by atoms with E-state index >= 15 is 0 Å². The van der Waals surface area contributed by atoms with Crippen molar-refractivity contribution in [3.8, 4) is 5.75 Å². The van der Waals surface area contributed by atoms with E-state index in [0.29, 0.717) is 19.1 Å². The van der Waals surface area contributed by atoms with E-state index in [9.17, 15) is 4.79 Å². The highest BCUT2D eigenvalue weighted by atomic mass is 16.5. The summed E-state index contributed by atoms with van der Waals surface area (Å²) in [6.07, 6.45) is 9.35. The number of hydrogen-bond donors (Lipinski definition) is 2. The molecule has 1 aromatic heterocycles. The van der Waals surface area contributed by atoms with Crippen LogP contribution in [0, 0.1) is 0 Å². The number of unbranched alkanes of at least 4 members (excludes halogenated alkanes) is 1. The second-order valence-corrected chi connectivity index (χ2v) is 7.80. The predicted molar refractivity (Wildman–Crippen MR) is 118 cm³/mol. The molecule has 0 aliphatic carbocycles. The smallest absolute Gasteiger partial charge is 0.255 e. The van der Waals surface area contributed by atoms with Gasteiger partial charge >= 0.3 is 0 Å². The Labute approximate surface area is 173 Å². The van der Waals surface area contributed by atoms with Crippen molar-refractivity contribution in [3.63, 3.8) is 0 Å². The third kappa shape index (κ3) is 7.20. The molecule has 1 fully saturated rings. The van der Waals surface area contributed by atoms with Crippen LogP contribution in [-0.4, -0.2) is 41.1 Å². The maximum absolute atomic E-state index is 12.0. The highest BCUT2D eigenvalue weighted by molar-refractivity contribution is 5.28. The maximum atomic E-state index is 12.0. The number of ether oxygens (including phenoxy) is 1. The SMILES string of the molecule is CCCCc1cnc(NCCCOc2cccc(CN3CCCCC3)c2)[nH]c1=O. The van der Waals surface area contributed by atoms with Gasteiger partial charge in [-0.1, -0.05) is 31.9 Å². The van der Waals surface area contributed by atoms with Crippen molar-refractivity contribution in [1.82, 2.24) is 14.9 Å². The van der Waals surface area contributed by atoms with E-state index in [1.165, 1.54) is 37.9 Å². The van der Waals surface area contributed by atoms with Gasteiger partial charge in [0.05, 0.1) is 6.61 Å². The summed E-state index contributed by atoms with van der Waals surface area (Å²) < 4.78 is 5.91. The Morgan fingerprint density at radius 1 is 1.21 bits per heavy atom. The summed E-state index contributed by atoms with van der Waals surface area (Å²) >= 11 is 0. The molecule has 1 aliphatic heterocycles. The number of likely N-dealkylation sites (tertiary alicyclic amines) is 1. The fraction of sp³-hybridized carbons (Fsp3) is 0.565. The molecule has 29 heavy (non-hydrogen) atoms. The normalized spacial score (nSPS) is 14.7. The number of aryl methyl sites for hydroxylation is 1. The number of H-pyrrole nitrogens is 1. The number of nitrogens with zero attached hydrogens (tertiary/aromatic N) is 2. The molecule has 2 aromatic rings. The van der Waals surface area contributed by atoms with Gasteiger partial charge in [0.2, 0.25) is 5.95 Å². The summed E-state index contributed by atoms with van der Waals surface area (Å²) in [7, 11) is 0. The van der Waals surface area contributed by atoms with Gasteiger partial charge in [0, 0.05) is 24.8 Å². The lowest BCUT2D eigenvalue weighted by molar-refractivity contribution is 0.220. The largest absolute Gasteiger partial charge is 0.494 e. The van der Waals surface area contributed by atoms with Crippen LogP contribution in [0.5, 0.6) is 5.75 Å². The predicted octanol–water partition coefficient (Wildman–Crippen LogP) is 3.98. The van der Waals surface area contributed by atoms with Gasteiger partial charge in [0.25, 0.3) is 5.56 Å². The minimum absolute atomic E-state index is 0.0438. The molecule has 158 valence electrons. The summed E-state index contributed by atoms with van der Waals surface area (Å²) in [4.78, 5) is 21.7. The molecule has 0 saturated carbocycles. The third-order valence-corrected chi connectivity index (χ3v) is 5.31. The van der Waals surface area contributed by atoms with Crippen LogP contribution in [0.4, 0.5) is 5.95 Å². The van der Waals surface area contributed by atoms with Crippen LogP contribution in [-0.2, 0) is 13.0 Å². The summed E-state index contributed by atoms with van der Waals surface area (Å²) in [6.45, 7) is 6.85. The van der Waals surface area contributed by atoms with Gasteiger partial charge in [0.15, 0.2) is 0 Å². The summed E-state index contributed by atoms with van der Waals surface area (Å²) in [5.41, 5.74) is 2.02. The molecule has 0 bridgehead atoms. The highest BCUT2D eigenvalue weighted by Crippen LogP contribution is 2.17. The number of hydrogen-bond acceptors (Lipinski definition) is 5. The van der Waals surface area contributed by atoms with Crippen molar-refractivity contribution < 1.29 is 4.74 Å². The second kappa shape index (κ2) is 11.6. The minimum Gasteiger partial charge on any atom is -0.494 e. The Morgan fingerprint density at radius 2 is 2.07 bits per heavy atom. The van der Waals surface area contributed by atoms with Gasteiger partial charge in [-0.05, 0) is 62.9 Å². The molecule has 3 rings (SSSR count). The standard InChI is InChI=1S/C23H34N4O2/c1-2-3-10-20-17-25-23(26-22(20)28)24-12-8-15-29-21-11-7-9-19(16-21)18-27-13-5-4-6-14-27/h7,9,11,16-17H,2-6,8,10,12-15,18H2,1H3,(H2,24,25,26,28). The van der Waals surface area contributed by atoms with Crippen LogP contribution < -0.4 is 15.6 Å². The van der Waals surface area contributed by atoms with E-state index in [1.54, 1.807) is 6.20 Å². The molecule has 0 atom stereocenters. The topological polar surface area (TPSA) is 70.2 Å². The number of aromatic amines is 1. The van der Waals surface area contributed by atoms with Crippen LogP contribution in [0.25, 0.3) is 0 Å². The average molecular weight is 399 g/mol. The molecule has 6 nitrogen and oxygen atoms in total. The highest BCUT2D eigenvalue weighted by Gasteiger charge is 2.10. The van der Waals surface area contributed by atoms with Crippen molar-refractivity contribution >= 4 is 5.95 Å². The van der Waals surface area contributed by atoms with Crippen LogP contribution in [0.2, 0.25) is 0 Å². The monoisotopic (exact) mass is 398 g/mol. The van der Waals surface area contributed by atoms with E-state index < -0.39 is 0 Å². The zero-order chi connectivity index (χ0) is 20.3. The number of rotatable bonds is 11. The van der Waals surface area contributed by atoms with Crippen LogP contribution in [0.15, 0.2) is 35.3 Å². The van der Waals surface area contributed by atoms with Crippen molar-refractivity contribution in [1.29, 1.82) is 0 Å². The third-order valence-electron chi connectivity index (χ3n) is 5.31. The lowest BCUT2D eigenvalue weighted by Gasteiger charge is -2.26. The van der Waals surface area contributed by atoms with E-state index in [1.807, 2.05) is 6.07 Å². The van der Waals surface area contributed by atoms with Gasteiger partial charge in [-0.3, -0.25) is 14.7 Å². The summed E-state index contributed by atoms with van der Waals surface area (Å²) in [5.74, 6) is 1.45. The first-order valence-corrected chi connectivity index (χ1v) is 11.0. The number of anilines is 1. The van der Waals surface area contributed by atoms with Gasteiger partial charge in [-0.25, -0.2) is 4.98 Å². The van der Waals surface area contributed by atoms with E-state index in [2.05, 4.69) is 45.3 Å². The summed E-state index contributed by atoms with van der Waals surface area (Å²) in [6, 6.07) is 8.41. The van der Waals surface area contributed by atoms with E-state index in [-0.39, 0.29) is 5.56 Å². The molecule has 6 heteroatoms. The number of benzene rings is 1. The Morgan fingerprint density at radius 3 is 2.86 bits per heavy atom. The van der Waals surface area contributed by atoms with Crippen molar-refractivity contribution in [3.05, 3.63) is 51.9 Å². The lowest BCUT2D eigenvalue weighted by atomic mass is 10.1. The molecule has 1 saturated heterocycles. The van der Waals surface area contributed by atoms with Crippen LogP contribution >= 0.6 is 0 Å². The Balaban J connectivity index is 1.37. The van der Waals surface area contributed by atoms with E-state index in [4.69, 9.17) is 4.74 Å². The van der Waals surface area contributed by atoms with Crippen LogP contribution in [0.1, 0.15) is 56.6 Å². The molecule has 1 aromatic carbocycles. The van der Waals surface area contributed by atoms with Crippen LogP contribution in [0.3, 0.4) is 0 Å². The van der Waals surface area contributed by atoms with Gasteiger partial charge in [0.1, 0.15) is 5.75 Å². The number of piperidine rings is 1. The Bertz CT molecular complexity index is 799. The first-order chi connectivity index (χ1) is 14.2. The van der Waals surface area contributed by atoms with Gasteiger partial charge in [-0.2, -0.15) is 0 Å². The van der Waals surface area contributed by atoms with Crippen molar-refractivity contribution in [2.75, 3.05) is 31.6 Å². The molecule has 1 aliphatic rings. The molecule has 2 heterocycles.